The van der Waals surface area contributed by atoms with Gasteiger partial charge in [0.15, 0.2) is 0 Å². The summed E-state index contributed by atoms with van der Waals surface area (Å²) in [5, 5.41) is 0. The minimum Gasteiger partial charge on any atom is -0.348 e. The fourth-order valence-corrected chi connectivity index (χ4v) is 4.52. The molecular formula is C25H32N2O2. The first-order valence-electron chi connectivity index (χ1n) is 10.6. The molecule has 2 aromatic rings. The van der Waals surface area contributed by atoms with E-state index in [-0.39, 0.29) is 11.8 Å². The summed E-state index contributed by atoms with van der Waals surface area (Å²) < 4.78 is 0. The number of hydrogen-bond donors (Lipinski definition) is 0. The molecule has 1 aliphatic heterocycles. The molecule has 0 bridgehead atoms. The molecule has 0 N–H and O–H groups in total. The molecule has 2 amide bonds. The van der Waals surface area contributed by atoms with E-state index in [1.165, 1.54) is 5.56 Å². The molecule has 0 spiro atoms. The van der Waals surface area contributed by atoms with Crippen LogP contribution in [0, 0.1) is 5.41 Å². The Bertz CT molecular complexity index is 847. The van der Waals surface area contributed by atoms with E-state index in [0.29, 0.717) is 19.4 Å². The monoisotopic (exact) mass is 392 g/mol. The smallest absolute Gasteiger partial charge is 0.230 e. The standard InChI is InChI=1S/C25H32N2O2/c1-4-11-23(28)27-17-10-16-25(19-27,24(29)26(2)3)18-21-14-8-9-15-22(21)20-12-6-5-7-13-20/h5-9,12-15H,4,10-11,16-19H2,1-3H3/t25-/m0/s1. The normalized spacial score (nSPS) is 19.1. The highest BCUT2D eigenvalue weighted by Crippen LogP contribution is 2.38. The second-order valence-electron chi connectivity index (χ2n) is 8.35. The maximum Gasteiger partial charge on any atom is 0.230 e. The van der Waals surface area contributed by atoms with Gasteiger partial charge in [-0.2, -0.15) is 0 Å². The third-order valence-electron chi connectivity index (χ3n) is 5.88. The van der Waals surface area contributed by atoms with Crippen LogP contribution in [-0.2, 0) is 16.0 Å². The largest absolute Gasteiger partial charge is 0.348 e. The number of carbonyl (C=O) groups is 2. The van der Waals surface area contributed by atoms with Crippen LogP contribution in [-0.4, -0.2) is 48.8 Å². The second kappa shape index (κ2) is 9.25. The maximum absolute atomic E-state index is 13.4. The van der Waals surface area contributed by atoms with Gasteiger partial charge < -0.3 is 9.80 Å². The Morgan fingerprint density at radius 3 is 2.41 bits per heavy atom. The lowest BCUT2D eigenvalue weighted by molar-refractivity contribution is -0.147. The molecule has 0 aromatic heterocycles. The molecule has 2 aromatic carbocycles. The highest BCUT2D eigenvalue weighted by molar-refractivity contribution is 5.85. The molecule has 1 saturated heterocycles. The maximum atomic E-state index is 13.4. The van der Waals surface area contributed by atoms with Gasteiger partial charge in [0.1, 0.15) is 0 Å². The summed E-state index contributed by atoms with van der Waals surface area (Å²) in [7, 11) is 3.64. The lowest BCUT2D eigenvalue weighted by Crippen LogP contribution is -2.54. The molecule has 0 aliphatic carbocycles. The summed E-state index contributed by atoms with van der Waals surface area (Å²) in [5.41, 5.74) is 2.91. The van der Waals surface area contributed by atoms with Gasteiger partial charge in [0, 0.05) is 33.6 Å². The number of likely N-dealkylation sites (tertiary alicyclic amines) is 1. The van der Waals surface area contributed by atoms with Crippen LogP contribution in [0.4, 0.5) is 0 Å². The van der Waals surface area contributed by atoms with Crippen LogP contribution in [0.5, 0.6) is 0 Å². The summed E-state index contributed by atoms with van der Waals surface area (Å²) in [5.74, 6) is 0.286. The van der Waals surface area contributed by atoms with Crippen molar-refractivity contribution in [1.29, 1.82) is 0 Å². The highest BCUT2D eigenvalue weighted by atomic mass is 16.2. The van der Waals surface area contributed by atoms with Crippen LogP contribution >= 0.6 is 0 Å². The second-order valence-corrected chi connectivity index (χ2v) is 8.35. The molecule has 1 heterocycles. The molecule has 1 aliphatic rings. The minimum atomic E-state index is -0.573. The molecule has 0 unspecified atom stereocenters. The average Bonchev–Trinajstić information content (AvgIpc) is 2.74. The van der Waals surface area contributed by atoms with Crippen LogP contribution in [0.1, 0.15) is 38.2 Å². The Balaban J connectivity index is 1.98. The highest BCUT2D eigenvalue weighted by Gasteiger charge is 2.44. The Kier molecular flexibility index (Phi) is 6.73. The first-order chi connectivity index (χ1) is 14.0. The minimum absolute atomic E-state index is 0.120. The van der Waals surface area contributed by atoms with Crippen LogP contribution in [0.2, 0.25) is 0 Å². The van der Waals surface area contributed by atoms with Gasteiger partial charge in [-0.15, -0.1) is 0 Å². The molecule has 4 heteroatoms. The van der Waals surface area contributed by atoms with Gasteiger partial charge >= 0.3 is 0 Å². The van der Waals surface area contributed by atoms with E-state index in [0.717, 1.165) is 36.9 Å². The van der Waals surface area contributed by atoms with E-state index in [4.69, 9.17) is 0 Å². The Morgan fingerprint density at radius 1 is 1.03 bits per heavy atom. The summed E-state index contributed by atoms with van der Waals surface area (Å²) >= 11 is 0. The Hall–Kier alpha value is -2.62. The van der Waals surface area contributed by atoms with Gasteiger partial charge in [-0.3, -0.25) is 9.59 Å². The van der Waals surface area contributed by atoms with Crippen molar-refractivity contribution in [2.45, 2.75) is 39.0 Å². The average molecular weight is 393 g/mol. The number of piperidine rings is 1. The van der Waals surface area contributed by atoms with E-state index < -0.39 is 5.41 Å². The third-order valence-corrected chi connectivity index (χ3v) is 5.88. The molecule has 1 fully saturated rings. The van der Waals surface area contributed by atoms with Crippen molar-refractivity contribution in [3.05, 3.63) is 60.2 Å². The van der Waals surface area contributed by atoms with Gasteiger partial charge in [0.05, 0.1) is 5.41 Å². The zero-order chi connectivity index (χ0) is 20.9. The van der Waals surface area contributed by atoms with E-state index in [1.54, 1.807) is 4.90 Å². The van der Waals surface area contributed by atoms with Crippen molar-refractivity contribution in [2.24, 2.45) is 5.41 Å². The van der Waals surface area contributed by atoms with Crippen molar-refractivity contribution in [1.82, 2.24) is 9.80 Å². The molecule has 0 radical (unpaired) electrons. The Labute approximate surface area is 174 Å². The number of carbonyl (C=O) groups excluding carboxylic acids is 2. The van der Waals surface area contributed by atoms with E-state index in [1.807, 2.05) is 56.3 Å². The van der Waals surface area contributed by atoms with Crippen molar-refractivity contribution in [3.63, 3.8) is 0 Å². The number of amides is 2. The van der Waals surface area contributed by atoms with Crippen molar-refractivity contribution in [3.8, 4) is 11.1 Å². The van der Waals surface area contributed by atoms with Gasteiger partial charge in [0.2, 0.25) is 11.8 Å². The number of nitrogens with zero attached hydrogens (tertiary/aromatic N) is 2. The van der Waals surface area contributed by atoms with Crippen LogP contribution in [0.25, 0.3) is 11.1 Å². The zero-order valence-corrected chi connectivity index (χ0v) is 17.9. The first kappa shape index (κ1) is 21.1. The summed E-state index contributed by atoms with van der Waals surface area (Å²) in [6.07, 6.45) is 3.70. The van der Waals surface area contributed by atoms with E-state index in [9.17, 15) is 9.59 Å². The predicted molar refractivity (Wildman–Crippen MR) is 117 cm³/mol. The molecule has 29 heavy (non-hydrogen) atoms. The van der Waals surface area contributed by atoms with Crippen molar-refractivity contribution in [2.75, 3.05) is 27.2 Å². The first-order valence-corrected chi connectivity index (χ1v) is 10.6. The van der Waals surface area contributed by atoms with Crippen LogP contribution in [0.15, 0.2) is 54.6 Å². The van der Waals surface area contributed by atoms with E-state index >= 15 is 0 Å². The molecular weight excluding hydrogens is 360 g/mol. The van der Waals surface area contributed by atoms with Gasteiger partial charge in [-0.25, -0.2) is 0 Å². The van der Waals surface area contributed by atoms with Crippen molar-refractivity contribution < 1.29 is 9.59 Å². The third kappa shape index (κ3) is 4.69. The fourth-order valence-electron chi connectivity index (χ4n) is 4.52. The van der Waals surface area contributed by atoms with Crippen LogP contribution < -0.4 is 0 Å². The molecule has 1 atom stereocenters. The van der Waals surface area contributed by atoms with Gasteiger partial charge in [-0.1, -0.05) is 61.5 Å². The summed E-state index contributed by atoms with van der Waals surface area (Å²) in [6, 6.07) is 18.6. The molecule has 0 saturated carbocycles. The fraction of sp³-hybridized carbons (Fsp3) is 0.440. The number of benzene rings is 2. The lowest BCUT2D eigenvalue weighted by Gasteiger charge is -2.43. The zero-order valence-electron chi connectivity index (χ0n) is 17.9. The van der Waals surface area contributed by atoms with Crippen molar-refractivity contribution >= 4 is 11.8 Å². The quantitative estimate of drug-likeness (QED) is 0.731. The number of hydrogen-bond acceptors (Lipinski definition) is 2. The topological polar surface area (TPSA) is 40.6 Å². The molecule has 4 nitrogen and oxygen atoms in total. The number of rotatable bonds is 6. The summed E-state index contributed by atoms with van der Waals surface area (Å²) in [4.78, 5) is 29.6. The summed E-state index contributed by atoms with van der Waals surface area (Å²) in [6.45, 7) is 3.28. The SMILES string of the molecule is CCCC(=O)N1CCC[C@@](Cc2ccccc2-c2ccccc2)(C(=O)N(C)C)C1. The Morgan fingerprint density at radius 2 is 1.72 bits per heavy atom. The lowest BCUT2D eigenvalue weighted by atomic mass is 9.72. The predicted octanol–water partition coefficient (Wildman–Crippen LogP) is 4.39. The van der Waals surface area contributed by atoms with E-state index in [2.05, 4.69) is 24.3 Å². The molecule has 154 valence electrons. The van der Waals surface area contributed by atoms with Gasteiger partial charge in [0.25, 0.3) is 0 Å². The van der Waals surface area contributed by atoms with Crippen LogP contribution in [0.3, 0.4) is 0 Å². The molecule has 3 rings (SSSR count). The van der Waals surface area contributed by atoms with Gasteiger partial charge in [-0.05, 0) is 42.4 Å².